The number of ether oxygens (including phenoxy) is 1. The zero-order valence-electron chi connectivity index (χ0n) is 15.7. The molecule has 1 aromatic rings. The standard InChI is InChI=1S/C16H28N4O4S.ClH/c1-19(2)15(21)14-9-13(10-20(14)3)25(22,23)18-11-16(12-24-4)5-7-17-8-6-16;/h9-10,17-18H,5-8,11-12H2,1-4H3;1H. The van der Waals surface area contributed by atoms with Crippen LogP contribution in [-0.4, -0.2) is 71.2 Å². The van der Waals surface area contributed by atoms with Gasteiger partial charge >= 0.3 is 0 Å². The molecule has 2 heterocycles. The number of amides is 1. The molecule has 2 N–H and O–H groups in total. The summed E-state index contributed by atoms with van der Waals surface area (Å²) in [6, 6.07) is 1.41. The number of nitrogens with zero attached hydrogens (tertiary/aromatic N) is 2. The molecule has 0 unspecified atom stereocenters. The van der Waals surface area contributed by atoms with Crippen LogP contribution in [0.25, 0.3) is 0 Å². The monoisotopic (exact) mass is 408 g/mol. The topological polar surface area (TPSA) is 92.7 Å². The minimum absolute atomic E-state index is 0. The van der Waals surface area contributed by atoms with E-state index in [0.717, 1.165) is 25.9 Å². The van der Waals surface area contributed by atoms with Gasteiger partial charge in [-0.1, -0.05) is 0 Å². The van der Waals surface area contributed by atoms with E-state index in [2.05, 4.69) is 10.0 Å². The third-order valence-electron chi connectivity index (χ3n) is 4.67. The number of methoxy groups -OCH3 is 1. The van der Waals surface area contributed by atoms with Gasteiger partial charge in [0.05, 0.1) is 6.61 Å². The molecule has 1 aliphatic heterocycles. The lowest BCUT2D eigenvalue weighted by Crippen LogP contribution is -2.47. The van der Waals surface area contributed by atoms with Crippen molar-refractivity contribution in [2.45, 2.75) is 17.7 Å². The molecule has 8 nitrogen and oxygen atoms in total. The first-order valence-electron chi connectivity index (χ1n) is 8.28. The molecule has 1 saturated heterocycles. The van der Waals surface area contributed by atoms with Crippen LogP contribution in [0.5, 0.6) is 0 Å². The number of carbonyl (C=O) groups is 1. The fourth-order valence-corrected chi connectivity index (χ4v) is 4.32. The number of carbonyl (C=O) groups excluding carboxylic acids is 1. The van der Waals surface area contributed by atoms with E-state index >= 15 is 0 Å². The number of aryl methyl sites for hydroxylation is 1. The molecule has 10 heteroatoms. The average Bonchev–Trinajstić information content (AvgIpc) is 2.96. The molecule has 0 atom stereocenters. The summed E-state index contributed by atoms with van der Waals surface area (Å²) in [5, 5.41) is 3.28. The van der Waals surface area contributed by atoms with E-state index in [0.29, 0.717) is 18.8 Å². The van der Waals surface area contributed by atoms with Crippen LogP contribution in [-0.2, 0) is 21.8 Å². The first-order chi connectivity index (χ1) is 11.7. The van der Waals surface area contributed by atoms with E-state index in [-0.39, 0.29) is 28.6 Å². The molecular weight excluding hydrogens is 380 g/mol. The van der Waals surface area contributed by atoms with Crippen molar-refractivity contribution in [2.24, 2.45) is 12.5 Å². The Morgan fingerprint density at radius 1 is 1.38 bits per heavy atom. The average molecular weight is 409 g/mol. The highest BCUT2D eigenvalue weighted by atomic mass is 35.5. The molecule has 0 saturated carbocycles. The van der Waals surface area contributed by atoms with Gasteiger partial charge in [-0.25, -0.2) is 13.1 Å². The predicted octanol–water partition coefficient (Wildman–Crippen LogP) is 0.443. The van der Waals surface area contributed by atoms with Gasteiger partial charge in [0.25, 0.3) is 5.91 Å². The molecule has 2 rings (SSSR count). The number of rotatable bonds is 7. The predicted molar refractivity (Wildman–Crippen MR) is 102 cm³/mol. The van der Waals surface area contributed by atoms with Gasteiger partial charge in [0.1, 0.15) is 10.6 Å². The van der Waals surface area contributed by atoms with Crippen LogP contribution >= 0.6 is 12.4 Å². The highest BCUT2D eigenvalue weighted by molar-refractivity contribution is 7.89. The maximum absolute atomic E-state index is 12.7. The van der Waals surface area contributed by atoms with Gasteiger partial charge in [0, 0.05) is 46.4 Å². The summed E-state index contributed by atoms with van der Waals surface area (Å²) in [7, 11) is 2.87. The molecule has 150 valence electrons. The Balaban J connectivity index is 0.00000338. The van der Waals surface area contributed by atoms with Crippen LogP contribution in [0.1, 0.15) is 23.3 Å². The van der Waals surface area contributed by atoms with E-state index in [1.165, 1.54) is 21.7 Å². The lowest BCUT2D eigenvalue weighted by atomic mass is 9.80. The summed E-state index contributed by atoms with van der Waals surface area (Å²) < 4.78 is 34.9. The zero-order valence-corrected chi connectivity index (χ0v) is 17.4. The van der Waals surface area contributed by atoms with Gasteiger partial charge < -0.3 is 19.5 Å². The number of aromatic nitrogens is 1. The molecule has 1 aliphatic rings. The SMILES string of the molecule is COCC1(CNS(=O)(=O)c2cc(C(=O)N(C)C)n(C)c2)CCNCC1.Cl. The summed E-state index contributed by atoms with van der Waals surface area (Å²) in [5.41, 5.74) is 0.128. The summed E-state index contributed by atoms with van der Waals surface area (Å²) in [6.45, 7) is 2.52. The van der Waals surface area contributed by atoms with Crippen molar-refractivity contribution in [3.05, 3.63) is 18.0 Å². The second-order valence-electron chi connectivity index (χ2n) is 6.88. The second kappa shape index (κ2) is 9.18. The van der Waals surface area contributed by atoms with Crippen LogP contribution in [0.4, 0.5) is 0 Å². The lowest BCUT2D eigenvalue weighted by molar-refractivity contribution is 0.0577. The number of halogens is 1. The molecule has 1 aromatic heterocycles. The van der Waals surface area contributed by atoms with E-state index in [1.54, 1.807) is 28.3 Å². The van der Waals surface area contributed by atoms with Gasteiger partial charge in [-0.15, -0.1) is 12.4 Å². The Labute approximate surface area is 161 Å². The van der Waals surface area contributed by atoms with Crippen LogP contribution in [0.2, 0.25) is 0 Å². The minimum atomic E-state index is -3.69. The van der Waals surface area contributed by atoms with Crippen LogP contribution < -0.4 is 10.0 Å². The molecule has 0 aromatic carbocycles. The smallest absolute Gasteiger partial charge is 0.269 e. The molecule has 1 amide bonds. The first-order valence-corrected chi connectivity index (χ1v) is 9.76. The van der Waals surface area contributed by atoms with E-state index in [9.17, 15) is 13.2 Å². The van der Waals surface area contributed by atoms with Gasteiger partial charge in [-0.2, -0.15) is 0 Å². The summed E-state index contributed by atoms with van der Waals surface area (Å²) in [6.07, 6.45) is 3.16. The van der Waals surface area contributed by atoms with Gasteiger partial charge in [0.2, 0.25) is 10.0 Å². The third kappa shape index (κ3) is 5.20. The summed E-state index contributed by atoms with van der Waals surface area (Å²) >= 11 is 0. The molecule has 0 bridgehead atoms. The Kier molecular flexibility index (Phi) is 8.09. The molecular formula is C16H29ClN4O4S. The van der Waals surface area contributed by atoms with E-state index in [4.69, 9.17) is 4.74 Å². The first kappa shape index (κ1) is 22.9. The summed E-state index contributed by atoms with van der Waals surface area (Å²) in [5.74, 6) is -0.238. The Morgan fingerprint density at radius 3 is 2.54 bits per heavy atom. The van der Waals surface area contributed by atoms with Crippen molar-refractivity contribution >= 4 is 28.3 Å². The van der Waals surface area contributed by atoms with Crippen molar-refractivity contribution in [2.75, 3.05) is 47.4 Å². The summed E-state index contributed by atoms with van der Waals surface area (Å²) in [4.78, 5) is 13.6. The second-order valence-corrected chi connectivity index (χ2v) is 8.65. The van der Waals surface area contributed by atoms with Crippen molar-refractivity contribution in [1.29, 1.82) is 0 Å². The van der Waals surface area contributed by atoms with Crippen molar-refractivity contribution < 1.29 is 17.9 Å². The fourth-order valence-electron chi connectivity index (χ4n) is 3.09. The van der Waals surface area contributed by atoms with Crippen molar-refractivity contribution in [3.63, 3.8) is 0 Å². The highest BCUT2D eigenvalue weighted by Crippen LogP contribution is 2.29. The lowest BCUT2D eigenvalue weighted by Gasteiger charge is -2.37. The Bertz CT molecular complexity index is 706. The zero-order chi connectivity index (χ0) is 18.7. The number of sulfonamides is 1. The quantitative estimate of drug-likeness (QED) is 0.683. The molecule has 0 aliphatic carbocycles. The Hall–Kier alpha value is -1.13. The molecule has 1 fully saturated rings. The molecule has 0 radical (unpaired) electrons. The van der Waals surface area contributed by atoms with Crippen molar-refractivity contribution in [1.82, 2.24) is 19.5 Å². The van der Waals surface area contributed by atoms with Gasteiger partial charge in [0.15, 0.2) is 0 Å². The maximum atomic E-state index is 12.7. The van der Waals surface area contributed by atoms with Gasteiger partial charge in [-0.3, -0.25) is 4.79 Å². The largest absolute Gasteiger partial charge is 0.384 e. The molecule has 0 spiro atoms. The maximum Gasteiger partial charge on any atom is 0.269 e. The van der Waals surface area contributed by atoms with E-state index in [1.807, 2.05) is 0 Å². The number of hydrogen-bond donors (Lipinski definition) is 2. The normalized spacial score (nSPS) is 16.8. The number of piperidine rings is 1. The van der Waals surface area contributed by atoms with Crippen LogP contribution in [0.15, 0.2) is 17.2 Å². The highest BCUT2D eigenvalue weighted by Gasteiger charge is 2.34. The Morgan fingerprint density at radius 2 is 2.00 bits per heavy atom. The molecule has 26 heavy (non-hydrogen) atoms. The number of nitrogens with one attached hydrogen (secondary N) is 2. The van der Waals surface area contributed by atoms with Gasteiger partial charge in [-0.05, 0) is 32.0 Å². The minimum Gasteiger partial charge on any atom is -0.384 e. The van der Waals surface area contributed by atoms with Crippen LogP contribution in [0.3, 0.4) is 0 Å². The fraction of sp³-hybridized carbons (Fsp3) is 0.688. The van der Waals surface area contributed by atoms with Crippen molar-refractivity contribution in [3.8, 4) is 0 Å². The van der Waals surface area contributed by atoms with Crippen LogP contribution in [0, 0.1) is 5.41 Å². The number of hydrogen-bond acceptors (Lipinski definition) is 5. The van der Waals surface area contributed by atoms with E-state index < -0.39 is 10.0 Å². The third-order valence-corrected chi connectivity index (χ3v) is 6.04.